The Bertz CT molecular complexity index is 829. The Morgan fingerprint density at radius 1 is 1.04 bits per heavy atom. The fourth-order valence-corrected chi connectivity index (χ4v) is 3.25. The third-order valence-corrected chi connectivity index (χ3v) is 4.87. The van der Waals surface area contributed by atoms with Crippen LogP contribution in [0.2, 0.25) is 0 Å². The van der Waals surface area contributed by atoms with Crippen LogP contribution in [-0.4, -0.2) is 34.1 Å². The molecule has 0 atom stereocenters. The highest BCUT2D eigenvalue weighted by Gasteiger charge is 2.12. The number of hydrogen-bond acceptors (Lipinski definition) is 3. The van der Waals surface area contributed by atoms with E-state index < -0.39 is 0 Å². The molecule has 0 bridgehead atoms. The van der Waals surface area contributed by atoms with E-state index in [1.54, 1.807) is 0 Å². The minimum atomic E-state index is 0.766. The highest BCUT2D eigenvalue weighted by Crippen LogP contribution is 2.21. The van der Waals surface area contributed by atoms with Crippen LogP contribution < -0.4 is 5.73 Å². The summed E-state index contributed by atoms with van der Waals surface area (Å²) >= 11 is 0. The molecular weight excluding hydrogens is 308 g/mol. The normalized spacial score (nSPS) is 11.5. The number of aromatic nitrogens is 2. The van der Waals surface area contributed by atoms with Gasteiger partial charge in [-0.15, -0.1) is 0 Å². The number of benzene rings is 2. The fraction of sp³-hybridized carbons (Fsp3) is 0.381. The summed E-state index contributed by atoms with van der Waals surface area (Å²) in [5, 5.41) is 0. The number of nitrogens with two attached hydrogens (primary N) is 1. The van der Waals surface area contributed by atoms with Gasteiger partial charge in [0.1, 0.15) is 5.82 Å². The molecule has 1 heterocycles. The summed E-state index contributed by atoms with van der Waals surface area (Å²) in [6.45, 7) is 10.7. The molecule has 0 spiro atoms. The van der Waals surface area contributed by atoms with E-state index in [0.29, 0.717) is 0 Å². The molecule has 0 radical (unpaired) electrons. The first-order valence-electron chi connectivity index (χ1n) is 9.13. The van der Waals surface area contributed by atoms with Crippen molar-refractivity contribution in [2.24, 2.45) is 0 Å². The largest absolute Gasteiger partial charge is 0.399 e. The monoisotopic (exact) mass is 336 g/mol. The number of imidazole rings is 1. The first kappa shape index (κ1) is 17.5. The van der Waals surface area contributed by atoms with Crippen molar-refractivity contribution in [2.75, 3.05) is 25.4 Å². The van der Waals surface area contributed by atoms with E-state index in [9.17, 15) is 0 Å². The maximum absolute atomic E-state index is 5.96. The van der Waals surface area contributed by atoms with Crippen LogP contribution >= 0.6 is 0 Å². The molecule has 0 saturated heterocycles. The summed E-state index contributed by atoms with van der Waals surface area (Å²) in [6.07, 6.45) is 0.840. The molecule has 0 amide bonds. The van der Waals surface area contributed by atoms with Crippen LogP contribution in [-0.2, 0) is 13.0 Å². The molecular formula is C21H28N4. The van der Waals surface area contributed by atoms with Gasteiger partial charge in [-0.25, -0.2) is 4.98 Å². The third-order valence-electron chi connectivity index (χ3n) is 4.87. The van der Waals surface area contributed by atoms with Gasteiger partial charge in [0.05, 0.1) is 11.0 Å². The van der Waals surface area contributed by atoms with Crippen LogP contribution in [0.4, 0.5) is 5.69 Å². The molecule has 2 N–H and O–H groups in total. The maximum atomic E-state index is 5.96. The molecule has 1 aromatic heterocycles. The minimum Gasteiger partial charge on any atom is -0.399 e. The van der Waals surface area contributed by atoms with Crippen LogP contribution in [0.5, 0.6) is 0 Å². The van der Waals surface area contributed by atoms with Crippen molar-refractivity contribution in [1.29, 1.82) is 0 Å². The summed E-state index contributed by atoms with van der Waals surface area (Å²) in [4.78, 5) is 7.33. The Kier molecular flexibility index (Phi) is 5.39. The lowest BCUT2D eigenvalue weighted by Crippen LogP contribution is -2.27. The molecule has 0 saturated carbocycles. The van der Waals surface area contributed by atoms with E-state index in [-0.39, 0.29) is 0 Å². The lowest BCUT2D eigenvalue weighted by molar-refractivity contribution is 0.291. The second-order valence-corrected chi connectivity index (χ2v) is 6.62. The number of nitrogens with zero attached hydrogens (tertiary/aromatic N) is 3. The molecule has 25 heavy (non-hydrogen) atoms. The fourth-order valence-electron chi connectivity index (χ4n) is 3.25. The standard InChI is InChI=1S/C21H28N4/c1-4-24(5-2)12-13-25-20-11-10-18(22)15-19(20)23-21(25)14-17-8-6-16(3)7-9-17/h6-11,15H,4-5,12-14,22H2,1-3H3. The van der Waals surface area contributed by atoms with Crippen LogP contribution in [0.3, 0.4) is 0 Å². The molecule has 0 unspecified atom stereocenters. The summed E-state index contributed by atoms with van der Waals surface area (Å²) < 4.78 is 2.35. The second kappa shape index (κ2) is 7.70. The number of nitrogen functional groups attached to an aromatic ring is 1. The van der Waals surface area contributed by atoms with Crippen LogP contribution in [0.25, 0.3) is 11.0 Å². The van der Waals surface area contributed by atoms with Gasteiger partial charge in [-0.1, -0.05) is 43.7 Å². The molecule has 2 aromatic carbocycles. The third kappa shape index (κ3) is 4.02. The van der Waals surface area contributed by atoms with E-state index in [1.807, 2.05) is 12.1 Å². The van der Waals surface area contributed by atoms with Crippen LogP contribution in [0.1, 0.15) is 30.8 Å². The maximum Gasteiger partial charge on any atom is 0.114 e. The Labute approximate surface area is 150 Å². The number of aryl methyl sites for hydroxylation is 1. The van der Waals surface area contributed by atoms with Crippen molar-refractivity contribution in [3.05, 3.63) is 59.4 Å². The molecule has 0 aliphatic carbocycles. The minimum absolute atomic E-state index is 0.766. The molecule has 132 valence electrons. The predicted octanol–water partition coefficient (Wildman–Crippen LogP) is 3.86. The Morgan fingerprint density at radius 2 is 1.76 bits per heavy atom. The first-order valence-corrected chi connectivity index (χ1v) is 9.13. The van der Waals surface area contributed by atoms with Crippen molar-refractivity contribution in [3.63, 3.8) is 0 Å². The summed E-state index contributed by atoms with van der Waals surface area (Å²) in [6, 6.07) is 14.7. The van der Waals surface area contributed by atoms with Gasteiger partial charge in [-0.3, -0.25) is 0 Å². The second-order valence-electron chi connectivity index (χ2n) is 6.62. The quantitative estimate of drug-likeness (QED) is 0.667. The number of likely N-dealkylation sites (N-methyl/N-ethyl adjacent to an activating group) is 1. The molecule has 0 aliphatic heterocycles. The summed E-state index contributed by atoms with van der Waals surface area (Å²) in [5.41, 5.74) is 11.5. The average molecular weight is 336 g/mol. The van der Waals surface area contributed by atoms with Gasteiger partial charge in [-0.05, 0) is 43.8 Å². The molecule has 4 heteroatoms. The van der Waals surface area contributed by atoms with Crippen molar-refractivity contribution in [1.82, 2.24) is 14.5 Å². The molecule has 0 aliphatic rings. The van der Waals surface area contributed by atoms with Gasteiger partial charge in [0.15, 0.2) is 0 Å². The predicted molar refractivity (Wildman–Crippen MR) is 106 cm³/mol. The van der Waals surface area contributed by atoms with Gasteiger partial charge in [0, 0.05) is 25.2 Å². The number of fused-ring (bicyclic) bond motifs is 1. The SMILES string of the molecule is CCN(CC)CCn1c(Cc2ccc(C)cc2)nc2cc(N)ccc21. The van der Waals surface area contributed by atoms with Crippen molar-refractivity contribution >= 4 is 16.7 Å². The Morgan fingerprint density at radius 3 is 2.44 bits per heavy atom. The van der Waals surface area contributed by atoms with E-state index in [1.165, 1.54) is 16.6 Å². The topological polar surface area (TPSA) is 47.1 Å². The summed E-state index contributed by atoms with van der Waals surface area (Å²) in [5.74, 6) is 1.11. The number of rotatable bonds is 7. The van der Waals surface area contributed by atoms with Crippen molar-refractivity contribution in [2.45, 2.75) is 33.7 Å². The Balaban J connectivity index is 1.94. The lowest BCUT2D eigenvalue weighted by Gasteiger charge is -2.19. The zero-order valence-electron chi connectivity index (χ0n) is 15.5. The van der Waals surface area contributed by atoms with Gasteiger partial charge < -0.3 is 15.2 Å². The van der Waals surface area contributed by atoms with Crippen LogP contribution in [0.15, 0.2) is 42.5 Å². The van der Waals surface area contributed by atoms with Crippen LogP contribution in [0, 0.1) is 6.92 Å². The molecule has 0 fully saturated rings. The van der Waals surface area contributed by atoms with Gasteiger partial charge in [-0.2, -0.15) is 0 Å². The highest BCUT2D eigenvalue weighted by atomic mass is 15.2. The van der Waals surface area contributed by atoms with Gasteiger partial charge in [0.25, 0.3) is 0 Å². The smallest absolute Gasteiger partial charge is 0.114 e. The van der Waals surface area contributed by atoms with Gasteiger partial charge >= 0.3 is 0 Å². The number of anilines is 1. The first-order chi connectivity index (χ1) is 12.1. The zero-order valence-corrected chi connectivity index (χ0v) is 15.5. The number of hydrogen-bond donors (Lipinski definition) is 1. The van der Waals surface area contributed by atoms with E-state index in [2.05, 4.69) is 60.6 Å². The van der Waals surface area contributed by atoms with Gasteiger partial charge in [0.2, 0.25) is 0 Å². The van der Waals surface area contributed by atoms with E-state index >= 15 is 0 Å². The average Bonchev–Trinajstić information content (AvgIpc) is 2.94. The van der Waals surface area contributed by atoms with E-state index in [4.69, 9.17) is 10.7 Å². The summed E-state index contributed by atoms with van der Waals surface area (Å²) in [7, 11) is 0. The highest BCUT2D eigenvalue weighted by molar-refractivity contribution is 5.79. The zero-order chi connectivity index (χ0) is 17.8. The lowest BCUT2D eigenvalue weighted by atomic mass is 10.1. The molecule has 3 aromatic rings. The van der Waals surface area contributed by atoms with Crippen molar-refractivity contribution in [3.8, 4) is 0 Å². The van der Waals surface area contributed by atoms with E-state index in [0.717, 1.165) is 49.6 Å². The Hall–Kier alpha value is -2.33. The molecule has 3 rings (SSSR count). The van der Waals surface area contributed by atoms with Crippen molar-refractivity contribution < 1.29 is 0 Å². The molecule has 4 nitrogen and oxygen atoms in total.